The predicted octanol–water partition coefficient (Wildman–Crippen LogP) is 2.88. The monoisotopic (exact) mass is 342 g/mol. The summed E-state index contributed by atoms with van der Waals surface area (Å²) in [6, 6.07) is 6.34. The van der Waals surface area contributed by atoms with Gasteiger partial charge in [-0.2, -0.15) is 0 Å². The smallest absolute Gasteiger partial charge is 0.233 e. The zero-order valence-electron chi connectivity index (χ0n) is 15.5. The van der Waals surface area contributed by atoms with Crippen molar-refractivity contribution in [3.05, 3.63) is 29.3 Å². The van der Waals surface area contributed by atoms with E-state index >= 15 is 0 Å². The molecule has 1 saturated carbocycles. The quantitative estimate of drug-likeness (QED) is 0.918. The second-order valence-electron chi connectivity index (χ2n) is 8.17. The van der Waals surface area contributed by atoms with Crippen molar-refractivity contribution in [1.29, 1.82) is 0 Å². The highest BCUT2D eigenvalue weighted by atomic mass is 16.5. The number of carbonyl (C=O) groups excluding carboxylic acids is 1. The summed E-state index contributed by atoms with van der Waals surface area (Å²) in [5.74, 6) is 2.77. The van der Waals surface area contributed by atoms with Crippen molar-refractivity contribution >= 4 is 5.91 Å². The highest BCUT2D eigenvalue weighted by Crippen LogP contribution is 2.46. The van der Waals surface area contributed by atoms with E-state index in [1.165, 1.54) is 0 Å². The summed E-state index contributed by atoms with van der Waals surface area (Å²) in [6.45, 7) is 6.17. The third-order valence-corrected chi connectivity index (χ3v) is 6.88. The maximum absolute atomic E-state index is 13.5. The SMILES string of the molecule is COc1cc(C2(C(=O)N3CC[C@@H]4CNC[C@@H]4CC3)CCC2)ccc1C. The van der Waals surface area contributed by atoms with Crippen LogP contribution < -0.4 is 10.1 Å². The van der Waals surface area contributed by atoms with Crippen LogP contribution in [0.3, 0.4) is 0 Å². The molecule has 0 radical (unpaired) electrons. The molecule has 1 aromatic carbocycles. The summed E-state index contributed by atoms with van der Waals surface area (Å²) in [7, 11) is 1.71. The minimum absolute atomic E-state index is 0.307. The number of amides is 1. The molecule has 0 spiro atoms. The Morgan fingerprint density at radius 2 is 1.88 bits per heavy atom. The van der Waals surface area contributed by atoms with Crippen LogP contribution in [-0.4, -0.2) is 44.1 Å². The topological polar surface area (TPSA) is 41.6 Å². The molecule has 4 rings (SSSR count). The van der Waals surface area contributed by atoms with Crippen molar-refractivity contribution in [2.45, 2.75) is 44.4 Å². The maximum Gasteiger partial charge on any atom is 0.233 e. The van der Waals surface area contributed by atoms with Crippen LogP contribution in [0.2, 0.25) is 0 Å². The molecule has 1 amide bonds. The Balaban J connectivity index is 1.56. The molecule has 1 N–H and O–H groups in total. The number of ether oxygens (including phenoxy) is 1. The van der Waals surface area contributed by atoms with E-state index in [1.54, 1.807) is 7.11 Å². The first-order valence-corrected chi connectivity index (χ1v) is 9.79. The van der Waals surface area contributed by atoms with Crippen LogP contribution in [-0.2, 0) is 10.2 Å². The van der Waals surface area contributed by atoms with E-state index in [4.69, 9.17) is 4.74 Å². The zero-order chi connectivity index (χ0) is 17.4. The van der Waals surface area contributed by atoms with Gasteiger partial charge in [0.25, 0.3) is 0 Å². The van der Waals surface area contributed by atoms with Crippen LogP contribution >= 0.6 is 0 Å². The van der Waals surface area contributed by atoms with Crippen molar-refractivity contribution in [2.75, 3.05) is 33.3 Å². The van der Waals surface area contributed by atoms with Gasteiger partial charge in [0.1, 0.15) is 5.75 Å². The Labute approximate surface area is 150 Å². The summed E-state index contributed by atoms with van der Waals surface area (Å²) in [5.41, 5.74) is 1.97. The number of methoxy groups -OCH3 is 1. The van der Waals surface area contributed by atoms with E-state index in [1.807, 2.05) is 0 Å². The van der Waals surface area contributed by atoms with Crippen LogP contribution in [0.15, 0.2) is 18.2 Å². The summed E-state index contributed by atoms with van der Waals surface area (Å²) in [4.78, 5) is 15.7. The average Bonchev–Trinajstić information content (AvgIpc) is 2.93. The van der Waals surface area contributed by atoms with E-state index in [9.17, 15) is 4.79 Å². The molecular formula is C21H30N2O2. The predicted molar refractivity (Wildman–Crippen MR) is 98.9 cm³/mol. The van der Waals surface area contributed by atoms with Gasteiger partial charge in [-0.25, -0.2) is 0 Å². The van der Waals surface area contributed by atoms with Gasteiger partial charge in [-0.1, -0.05) is 18.6 Å². The summed E-state index contributed by atoms with van der Waals surface area (Å²) >= 11 is 0. The Morgan fingerprint density at radius 1 is 1.20 bits per heavy atom. The van der Waals surface area contributed by atoms with E-state index in [0.29, 0.717) is 5.91 Å². The van der Waals surface area contributed by atoms with Crippen LogP contribution in [0.4, 0.5) is 0 Å². The van der Waals surface area contributed by atoms with E-state index in [0.717, 1.165) is 87.0 Å². The number of hydrogen-bond acceptors (Lipinski definition) is 3. The van der Waals surface area contributed by atoms with Crippen molar-refractivity contribution < 1.29 is 9.53 Å². The van der Waals surface area contributed by atoms with E-state index < -0.39 is 0 Å². The third kappa shape index (κ3) is 2.84. The normalized spacial score (nSPS) is 28.0. The first-order valence-electron chi connectivity index (χ1n) is 9.79. The fraction of sp³-hybridized carbons (Fsp3) is 0.667. The molecule has 3 aliphatic rings. The number of likely N-dealkylation sites (tertiary alicyclic amines) is 1. The highest BCUT2D eigenvalue weighted by molar-refractivity contribution is 5.89. The molecule has 3 fully saturated rings. The molecule has 0 unspecified atom stereocenters. The third-order valence-electron chi connectivity index (χ3n) is 6.88. The molecule has 0 aromatic heterocycles. The summed E-state index contributed by atoms with van der Waals surface area (Å²) in [5, 5.41) is 3.52. The van der Waals surface area contributed by atoms with Crippen LogP contribution in [0.25, 0.3) is 0 Å². The number of hydrogen-bond donors (Lipinski definition) is 1. The first kappa shape index (κ1) is 16.9. The minimum atomic E-state index is -0.307. The molecule has 1 aliphatic carbocycles. The van der Waals surface area contributed by atoms with Crippen molar-refractivity contribution in [3.63, 3.8) is 0 Å². The lowest BCUT2D eigenvalue weighted by Gasteiger charge is -2.44. The van der Waals surface area contributed by atoms with E-state index in [2.05, 4.69) is 35.3 Å². The van der Waals surface area contributed by atoms with Crippen molar-refractivity contribution in [2.24, 2.45) is 11.8 Å². The molecule has 4 heteroatoms. The molecule has 1 aromatic rings. The largest absolute Gasteiger partial charge is 0.496 e. The Hall–Kier alpha value is -1.55. The molecular weight excluding hydrogens is 312 g/mol. The minimum Gasteiger partial charge on any atom is -0.496 e. The average molecular weight is 342 g/mol. The number of benzene rings is 1. The standard InChI is InChI=1S/C21H30N2O2/c1-15-4-5-18(12-19(15)25-2)21(8-3-9-21)20(24)23-10-6-16-13-22-14-17(16)7-11-23/h4-5,12,16-17,22H,3,6-11,13-14H2,1-2H3/t16-,17+. The fourth-order valence-electron chi connectivity index (χ4n) is 5.00. The lowest BCUT2D eigenvalue weighted by Crippen LogP contribution is -2.51. The van der Waals surface area contributed by atoms with Gasteiger partial charge in [0, 0.05) is 13.1 Å². The number of aryl methyl sites for hydroxylation is 1. The highest BCUT2D eigenvalue weighted by Gasteiger charge is 2.48. The molecule has 2 saturated heterocycles. The maximum atomic E-state index is 13.5. The van der Waals surface area contributed by atoms with Gasteiger partial charge in [0.05, 0.1) is 12.5 Å². The summed E-state index contributed by atoms with van der Waals surface area (Å²) < 4.78 is 5.51. The fourth-order valence-corrected chi connectivity index (χ4v) is 5.00. The number of nitrogens with zero attached hydrogens (tertiary/aromatic N) is 1. The molecule has 2 aliphatic heterocycles. The second kappa shape index (κ2) is 6.64. The number of rotatable bonds is 3. The molecule has 2 atom stereocenters. The van der Waals surface area contributed by atoms with E-state index in [-0.39, 0.29) is 5.41 Å². The van der Waals surface area contributed by atoms with Gasteiger partial charge >= 0.3 is 0 Å². The first-order chi connectivity index (χ1) is 12.1. The van der Waals surface area contributed by atoms with Gasteiger partial charge in [0.15, 0.2) is 0 Å². The van der Waals surface area contributed by atoms with Crippen molar-refractivity contribution in [3.8, 4) is 5.75 Å². The Kier molecular flexibility index (Phi) is 4.48. The van der Waals surface area contributed by atoms with Gasteiger partial charge in [-0.15, -0.1) is 0 Å². The van der Waals surface area contributed by atoms with Crippen molar-refractivity contribution in [1.82, 2.24) is 10.2 Å². The Bertz CT molecular complexity index is 639. The lowest BCUT2D eigenvalue weighted by molar-refractivity contribution is -0.141. The van der Waals surface area contributed by atoms with Gasteiger partial charge in [-0.05, 0) is 74.7 Å². The molecule has 0 bridgehead atoms. The van der Waals surface area contributed by atoms with Gasteiger partial charge in [-0.3, -0.25) is 4.79 Å². The molecule has 136 valence electrons. The molecule has 2 heterocycles. The molecule has 4 nitrogen and oxygen atoms in total. The second-order valence-corrected chi connectivity index (χ2v) is 8.17. The van der Waals surface area contributed by atoms with Crippen LogP contribution in [0.1, 0.15) is 43.2 Å². The Morgan fingerprint density at radius 3 is 2.44 bits per heavy atom. The number of fused-ring (bicyclic) bond motifs is 1. The van der Waals surface area contributed by atoms with Crippen LogP contribution in [0.5, 0.6) is 5.75 Å². The summed E-state index contributed by atoms with van der Waals surface area (Å²) in [6.07, 6.45) is 5.39. The van der Waals surface area contributed by atoms with Gasteiger partial charge in [0.2, 0.25) is 5.91 Å². The molecule has 25 heavy (non-hydrogen) atoms. The number of carbonyl (C=O) groups is 1. The van der Waals surface area contributed by atoms with Crippen LogP contribution in [0, 0.1) is 18.8 Å². The number of nitrogens with one attached hydrogen (secondary N) is 1. The zero-order valence-corrected chi connectivity index (χ0v) is 15.5. The van der Waals surface area contributed by atoms with Gasteiger partial charge < -0.3 is 15.0 Å². The lowest BCUT2D eigenvalue weighted by atomic mass is 9.63.